The van der Waals surface area contributed by atoms with Gasteiger partial charge in [0.05, 0.1) is 11.9 Å². The SMILES string of the molecule is C=Cc1ncncc1N=C.CC. The van der Waals surface area contributed by atoms with Gasteiger partial charge < -0.3 is 0 Å². The van der Waals surface area contributed by atoms with Crippen LogP contribution in [0.25, 0.3) is 6.08 Å². The van der Waals surface area contributed by atoms with Gasteiger partial charge in [-0.3, -0.25) is 4.99 Å². The zero-order valence-electron chi connectivity index (χ0n) is 7.49. The molecule has 0 spiro atoms. The van der Waals surface area contributed by atoms with E-state index in [2.05, 4.69) is 28.3 Å². The maximum Gasteiger partial charge on any atom is 0.116 e. The van der Waals surface area contributed by atoms with E-state index < -0.39 is 0 Å². The smallest absolute Gasteiger partial charge is 0.116 e. The van der Waals surface area contributed by atoms with Crippen LogP contribution in [-0.4, -0.2) is 16.7 Å². The van der Waals surface area contributed by atoms with E-state index in [4.69, 9.17) is 0 Å². The van der Waals surface area contributed by atoms with Gasteiger partial charge in [0.15, 0.2) is 0 Å². The number of aromatic nitrogens is 2. The molecular formula is C9H13N3. The molecular weight excluding hydrogens is 150 g/mol. The lowest BCUT2D eigenvalue weighted by Crippen LogP contribution is -1.81. The zero-order chi connectivity index (χ0) is 9.40. The van der Waals surface area contributed by atoms with Crippen LogP contribution in [0.3, 0.4) is 0 Å². The summed E-state index contributed by atoms with van der Waals surface area (Å²) in [5, 5.41) is 0. The lowest BCUT2D eigenvalue weighted by Gasteiger charge is -1.93. The van der Waals surface area contributed by atoms with E-state index in [1.165, 1.54) is 6.33 Å². The summed E-state index contributed by atoms with van der Waals surface area (Å²) < 4.78 is 0. The lowest BCUT2D eigenvalue weighted by molar-refractivity contribution is 1.14. The minimum Gasteiger partial charge on any atom is -0.261 e. The first kappa shape index (κ1) is 10.5. The number of rotatable bonds is 2. The van der Waals surface area contributed by atoms with Crippen LogP contribution in [0.2, 0.25) is 0 Å². The molecule has 1 rings (SSSR count). The summed E-state index contributed by atoms with van der Waals surface area (Å²) in [5.41, 5.74) is 1.38. The van der Waals surface area contributed by atoms with Crippen molar-refractivity contribution in [2.45, 2.75) is 13.8 Å². The van der Waals surface area contributed by atoms with E-state index in [-0.39, 0.29) is 0 Å². The third-order valence-electron chi connectivity index (χ3n) is 1.09. The standard InChI is InChI=1S/C7H7N3.C2H6/c1-3-6-7(8-2)4-9-5-10-6;1-2/h3-5H,1-2H2;1-2H3. The van der Waals surface area contributed by atoms with E-state index in [0.29, 0.717) is 11.4 Å². The van der Waals surface area contributed by atoms with Gasteiger partial charge in [0.2, 0.25) is 0 Å². The Hall–Kier alpha value is -1.51. The molecule has 0 N–H and O–H groups in total. The summed E-state index contributed by atoms with van der Waals surface area (Å²) in [5.74, 6) is 0. The first-order chi connectivity index (χ1) is 5.88. The summed E-state index contributed by atoms with van der Waals surface area (Å²) in [4.78, 5) is 11.4. The average Bonchev–Trinajstić information content (AvgIpc) is 2.20. The number of hydrogen-bond donors (Lipinski definition) is 0. The second-order valence-electron chi connectivity index (χ2n) is 1.66. The van der Waals surface area contributed by atoms with Crippen molar-refractivity contribution < 1.29 is 0 Å². The predicted molar refractivity (Wildman–Crippen MR) is 52.7 cm³/mol. The maximum absolute atomic E-state index is 3.91. The third-order valence-corrected chi connectivity index (χ3v) is 1.09. The molecule has 3 heteroatoms. The van der Waals surface area contributed by atoms with Gasteiger partial charge in [0.25, 0.3) is 0 Å². The number of aliphatic imine (C=N–C) groups is 1. The predicted octanol–water partition coefficient (Wildman–Crippen LogP) is 2.48. The van der Waals surface area contributed by atoms with Crippen molar-refractivity contribution >= 4 is 18.5 Å². The molecule has 0 aliphatic carbocycles. The largest absolute Gasteiger partial charge is 0.261 e. The fourth-order valence-electron chi connectivity index (χ4n) is 0.611. The minimum absolute atomic E-state index is 0.664. The molecule has 1 aromatic rings. The normalized spacial score (nSPS) is 7.83. The van der Waals surface area contributed by atoms with Gasteiger partial charge in [-0.25, -0.2) is 9.97 Å². The van der Waals surface area contributed by atoms with Gasteiger partial charge in [0, 0.05) is 0 Å². The monoisotopic (exact) mass is 163 g/mol. The second kappa shape index (κ2) is 6.22. The van der Waals surface area contributed by atoms with Gasteiger partial charge in [-0.2, -0.15) is 0 Å². The maximum atomic E-state index is 3.91. The third kappa shape index (κ3) is 2.62. The molecule has 0 radical (unpaired) electrons. The van der Waals surface area contributed by atoms with E-state index in [1.807, 2.05) is 13.8 Å². The number of nitrogens with zero attached hydrogens (tertiary/aromatic N) is 3. The quantitative estimate of drug-likeness (QED) is 0.628. The lowest BCUT2D eigenvalue weighted by atomic mass is 10.3. The second-order valence-corrected chi connectivity index (χ2v) is 1.66. The topological polar surface area (TPSA) is 38.1 Å². The highest BCUT2D eigenvalue weighted by Gasteiger charge is 1.93. The van der Waals surface area contributed by atoms with Crippen molar-refractivity contribution in [3.8, 4) is 0 Å². The molecule has 64 valence electrons. The molecule has 0 unspecified atom stereocenters. The van der Waals surface area contributed by atoms with E-state index in [1.54, 1.807) is 12.3 Å². The molecule has 0 aromatic carbocycles. The summed E-state index contributed by atoms with van der Waals surface area (Å²) >= 11 is 0. The van der Waals surface area contributed by atoms with Crippen LogP contribution in [0.5, 0.6) is 0 Å². The van der Waals surface area contributed by atoms with Crippen molar-refractivity contribution in [3.05, 3.63) is 24.8 Å². The summed E-state index contributed by atoms with van der Waals surface area (Å²) in [6.45, 7) is 10.9. The van der Waals surface area contributed by atoms with Crippen LogP contribution in [0.1, 0.15) is 19.5 Å². The molecule has 0 aliphatic rings. The molecule has 0 atom stereocenters. The van der Waals surface area contributed by atoms with Gasteiger partial charge >= 0.3 is 0 Å². The van der Waals surface area contributed by atoms with Crippen LogP contribution < -0.4 is 0 Å². The van der Waals surface area contributed by atoms with Crippen molar-refractivity contribution in [2.75, 3.05) is 0 Å². The summed E-state index contributed by atoms with van der Waals surface area (Å²) in [6, 6.07) is 0. The Morgan fingerprint density at radius 1 is 1.50 bits per heavy atom. The van der Waals surface area contributed by atoms with Crippen molar-refractivity contribution in [2.24, 2.45) is 4.99 Å². The molecule has 0 bridgehead atoms. The Kier molecular flexibility index (Phi) is 5.43. The Morgan fingerprint density at radius 3 is 2.58 bits per heavy atom. The highest BCUT2D eigenvalue weighted by molar-refractivity contribution is 5.59. The molecule has 0 fully saturated rings. The molecule has 1 aromatic heterocycles. The highest BCUT2D eigenvalue weighted by atomic mass is 14.9. The molecule has 1 heterocycles. The Balaban J connectivity index is 0.000000561. The van der Waals surface area contributed by atoms with Crippen molar-refractivity contribution in [1.82, 2.24) is 9.97 Å². The zero-order valence-corrected chi connectivity index (χ0v) is 7.49. The molecule has 0 amide bonds. The fourth-order valence-corrected chi connectivity index (χ4v) is 0.611. The Bertz CT molecular complexity index is 229. The Labute approximate surface area is 72.9 Å². The van der Waals surface area contributed by atoms with Crippen LogP contribution in [0.15, 0.2) is 24.1 Å². The summed E-state index contributed by atoms with van der Waals surface area (Å²) in [7, 11) is 0. The van der Waals surface area contributed by atoms with Gasteiger partial charge in [0.1, 0.15) is 12.0 Å². The Morgan fingerprint density at radius 2 is 2.17 bits per heavy atom. The molecule has 0 saturated carbocycles. The molecule has 0 aliphatic heterocycles. The van der Waals surface area contributed by atoms with Crippen LogP contribution in [0.4, 0.5) is 5.69 Å². The van der Waals surface area contributed by atoms with Gasteiger partial charge in [-0.05, 0) is 12.8 Å². The van der Waals surface area contributed by atoms with E-state index in [9.17, 15) is 0 Å². The van der Waals surface area contributed by atoms with Crippen LogP contribution >= 0.6 is 0 Å². The van der Waals surface area contributed by atoms with E-state index >= 15 is 0 Å². The molecule has 3 nitrogen and oxygen atoms in total. The van der Waals surface area contributed by atoms with Crippen molar-refractivity contribution in [3.63, 3.8) is 0 Å². The van der Waals surface area contributed by atoms with Crippen molar-refractivity contribution in [1.29, 1.82) is 0 Å². The molecule has 12 heavy (non-hydrogen) atoms. The molecule has 0 saturated heterocycles. The fraction of sp³-hybridized carbons (Fsp3) is 0.222. The first-order valence-electron chi connectivity index (χ1n) is 3.77. The van der Waals surface area contributed by atoms with Gasteiger partial charge in [-0.15, -0.1) is 0 Å². The minimum atomic E-state index is 0.664. The van der Waals surface area contributed by atoms with E-state index in [0.717, 1.165) is 0 Å². The first-order valence-corrected chi connectivity index (χ1v) is 3.77. The summed E-state index contributed by atoms with van der Waals surface area (Å²) in [6.07, 6.45) is 4.66. The van der Waals surface area contributed by atoms with Crippen LogP contribution in [0, 0.1) is 0 Å². The average molecular weight is 163 g/mol. The highest BCUT2D eigenvalue weighted by Crippen LogP contribution is 2.13. The van der Waals surface area contributed by atoms with Crippen LogP contribution in [-0.2, 0) is 0 Å². The van der Waals surface area contributed by atoms with Gasteiger partial charge in [-0.1, -0.05) is 20.4 Å². The number of hydrogen-bond acceptors (Lipinski definition) is 3.